The van der Waals surface area contributed by atoms with Crippen molar-refractivity contribution in [3.8, 4) is 0 Å². The van der Waals surface area contributed by atoms with Crippen LogP contribution in [-0.2, 0) is 5.41 Å². The fraction of sp³-hybridized carbons (Fsp3) is 0.600. The zero-order valence-electron chi connectivity index (χ0n) is 8.36. The summed E-state index contributed by atoms with van der Waals surface area (Å²) >= 11 is 5.34. The molecule has 0 saturated carbocycles. The van der Waals surface area contributed by atoms with E-state index in [2.05, 4.69) is 45.9 Å². The third-order valence-electron chi connectivity index (χ3n) is 2.34. The Kier molecular flexibility index (Phi) is 3.95. The van der Waals surface area contributed by atoms with Crippen LogP contribution in [0.5, 0.6) is 0 Å². The van der Waals surface area contributed by atoms with Gasteiger partial charge in [-0.25, -0.2) is 0 Å². The SMILES string of the molecule is CNCCC(C)(C)c1cscc1Br. The maximum Gasteiger partial charge on any atom is 0.0319 e. The Labute approximate surface area is 92.7 Å². The molecule has 0 amide bonds. The van der Waals surface area contributed by atoms with Gasteiger partial charge in [0, 0.05) is 9.85 Å². The lowest BCUT2D eigenvalue weighted by Gasteiger charge is -2.24. The Balaban J connectivity index is 2.74. The van der Waals surface area contributed by atoms with Crippen LogP contribution in [0.1, 0.15) is 25.8 Å². The summed E-state index contributed by atoms with van der Waals surface area (Å²) < 4.78 is 1.25. The van der Waals surface area contributed by atoms with Crippen LogP contribution >= 0.6 is 27.3 Å². The number of nitrogens with one attached hydrogen (secondary N) is 1. The van der Waals surface area contributed by atoms with Gasteiger partial charge >= 0.3 is 0 Å². The fourth-order valence-corrected chi connectivity index (χ4v) is 3.36. The minimum absolute atomic E-state index is 0.266. The van der Waals surface area contributed by atoms with Crippen LogP contribution < -0.4 is 5.32 Å². The van der Waals surface area contributed by atoms with E-state index in [1.165, 1.54) is 16.5 Å². The molecule has 1 N–H and O–H groups in total. The van der Waals surface area contributed by atoms with Crippen LogP contribution in [0.25, 0.3) is 0 Å². The third-order valence-corrected chi connectivity index (χ3v) is 4.05. The maximum atomic E-state index is 3.58. The molecule has 0 aliphatic rings. The standard InChI is InChI=1S/C10H16BrNS/c1-10(2,4-5-12-3)8-6-13-7-9(8)11/h6-7,12H,4-5H2,1-3H3. The van der Waals surface area contributed by atoms with E-state index in [4.69, 9.17) is 0 Å². The second kappa shape index (κ2) is 4.58. The molecule has 0 bridgehead atoms. The van der Waals surface area contributed by atoms with Crippen molar-refractivity contribution in [3.63, 3.8) is 0 Å². The molecule has 1 heterocycles. The summed E-state index contributed by atoms with van der Waals surface area (Å²) in [5.41, 5.74) is 1.69. The molecular formula is C10H16BrNS. The Morgan fingerprint density at radius 2 is 2.15 bits per heavy atom. The van der Waals surface area contributed by atoms with Crippen molar-refractivity contribution in [2.45, 2.75) is 25.7 Å². The highest BCUT2D eigenvalue weighted by Crippen LogP contribution is 2.34. The molecule has 0 aromatic carbocycles. The van der Waals surface area contributed by atoms with Crippen LogP contribution in [-0.4, -0.2) is 13.6 Å². The summed E-state index contributed by atoms with van der Waals surface area (Å²) in [4.78, 5) is 0. The molecule has 1 nitrogen and oxygen atoms in total. The van der Waals surface area contributed by atoms with Crippen molar-refractivity contribution in [1.82, 2.24) is 5.32 Å². The molecule has 0 atom stereocenters. The molecule has 0 fully saturated rings. The fourth-order valence-electron chi connectivity index (χ4n) is 1.34. The predicted octanol–water partition coefficient (Wildman–Crippen LogP) is 3.40. The van der Waals surface area contributed by atoms with Gasteiger partial charge in [0.2, 0.25) is 0 Å². The summed E-state index contributed by atoms with van der Waals surface area (Å²) in [5.74, 6) is 0. The lowest BCUT2D eigenvalue weighted by atomic mass is 9.83. The molecule has 1 aromatic rings. The van der Waals surface area contributed by atoms with Crippen molar-refractivity contribution in [2.75, 3.05) is 13.6 Å². The topological polar surface area (TPSA) is 12.0 Å². The largest absolute Gasteiger partial charge is 0.320 e. The molecule has 0 radical (unpaired) electrons. The van der Waals surface area contributed by atoms with E-state index in [0.29, 0.717) is 0 Å². The van der Waals surface area contributed by atoms with Crippen molar-refractivity contribution >= 4 is 27.3 Å². The van der Waals surface area contributed by atoms with Crippen molar-refractivity contribution in [2.24, 2.45) is 0 Å². The normalized spacial score (nSPS) is 12.0. The van der Waals surface area contributed by atoms with Crippen molar-refractivity contribution in [1.29, 1.82) is 0 Å². The number of halogens is 1. The monoisotopic (exact) mass is 261 g/mol. The van der Waals surface area contributed by atoms with Crippen molar-refractivity contribution < 1.29 is 0 Å². The van der Waals surface area contributed by atoms with Gasteiger partial charge in [0.1, 0.15) is 0 Å². The predicted molar refractivity (Wildman–Crippen MR) is 63.6 cm³/mol. The minimum Gasteiger partial charge on any atom is -0.320 e. The molecule has 0 aliphatic carbocycles. The van der Waals surface area contributed by atoms with E-state index in [-0.39, 0.29) is 5.41 Å². The smallest absolute Gasteiger partial charge is 0.0319 e. The van der Waals surface area contributed by atoms with Crippen molar-refractivity contribution in [3.05, 3.63) is 20.8 Å². The summed E-state index contributed by atoms with van der Waals surface area (Å²) in [6, 6.07) is 0. The number of hydrogen-bond donors (Lipinski definition) is 1. The van der Waals surface area contributed by atoms with E-state index in [0.717, 1.165) is 6.54 Å². The molecule has 3 heteroatoms. The number of rotatable bonds is 4. The average Bonchev–Trinajstić information content (AvgIpc) is 2.48. The molecule has 0 saturated heterocycles. The van der Waals surface area contributed by atoms with Crippen LogP contribution in [0, 0.1) is 0 Å². The van der Waals surface area contributed by atoms with Gasteiger partial charge in [0.15, 0.2) is 0 Å². The quantitative estimate of drug-likeness (QED) is 0.877. The van der Waals surface area contributed by atoms with Crippen LogP contribution in [0.3, 0.4) is 0 Å². The number of hydrogen-bond acceptors (Lipinski definition) is 2. The Bertz CT molecular complexity index is 268. The molecule has 1 rings (SSSR count). The molecule has 74 valence electrons. The van der Waals surface area contributed by atoms with Gasteiger partial charge in [-0.15, -0.1) is 0 Å². The van der Waals surface area contributed by atoms with Gasteiger partial charge in [0.25, 0.3) is 0 Å². The van der Waals surface area contributed by atoms with E-state index < -0.39 is 0 Å². The lowest BCUT2D eigenvalue weighted by molar-refractivity contribution is 0.468. The Hall–Kier alpha value is 0.140. The van der Waals surface area contributed by atoms with Crippen LogP contribution in [0.4, 0.5) is 0 Å². The molecule has 13 heavy (non-hydrogen) atoms. The van der Waals surface area contributed by atoms with Gasteiger partial charge in [0.05, 0.1) is 0 Å². The molecule has 0 spiro atoms. The average molecular weight is 262 g/mol. The van der Waals surface area contributed by atoms with E-state index in [9.17, 15) is 0 Å². The summed E-state index contributed by atoms with van der Waals surface area (Å²) in [6.07, 6.45) is 1.17. The second-order valence-corrected chi connectivity index (χ2v) is 5.47. The third kappa shape index (κ3) is 2.79. The Morgan fingerprint density at radius 1 is 1.46 bits per heavy atom. The molecule has 1 aromatic heterocycles. The van der Waals surface area contributed by atoms with Gasteiger partial charge in [-0.05, 0) is 52.3 Å². The van der Waals surface area contributed by atoms with Crippen LogP contribution in [0.15, 0.2) is 15.2 Å². The van der Waals surface area contributed by atoms with E-state index in [1.807, 2.05) is 7.05 Å². The minimum atomic E-state index is 0.266. The molecule has 0 unspecified atom stereocenters. The first-order chi connectivity index (χ1) is 6.08. The van der Waals surface area contributed by atoms with E-state index >= 15 is 0 Å². The summed E-state index contributed by atoms with van der Waals surface area (Å²) in [5, 5.41) is 7.58. The first-order valence-electron chi connectivity index (χ1n) is 4.44. The van der Waals surface area contributed by atoms with Gasteiger partial charge < -0.3 is 5.32 Å². The second-order valence-electron chi connectivity index (χ2n) is 3.87. The zero-order valence-corrected chi connectivity index (χ0v) is 10.8. The summed E-state index contributed by atoms with van der Waals surface area (Å²) in [7, 11) is 2.00. The summed E-state index contributed by atoms with van der Waals surface area (Å²) in [6.45, 7) is 5.64. The molecular weight excluding hydrogens is 246 g/mol. The molecule has 0 aliphatic heterocycles. The highest BCUT2D eigenvalue weighted by atomic mass is 79.9. The highest BCUT2D eigenvalue weighted by molar-refractivity contribution is 9.10. The van der Waals surface area contributed by atoms with Gasteiger partial charge in [-0.2, -0.15) is 11.3 Å². The first kappa shape index (κ1) is 11.2. The first-order valence-corrected chi connectivity index (χ1v) is 6.18. The van der Waals surface area contributed by atoms with E-state index in [1.54, 1.807) is 11.3 Å². The van der Waals surface area contributed by atoms with Gasteiger partial charge in [-0.1, -0.05) is 13.8 Å². The lowest BCUT2D eigenvalue weighted by Crippen LogP contribution is -2.23. The maximum absolute atomic E-state index is 3.58. The van der Waals surface area contributed by atoms with Gasteiger partial charge in [-0.3, -0.25) is 0 Å². The number of thiophene rings is 1. The highest BCUT2D eigenvalue weighted by Gasteiger charge is 2.22. The zero-order chi connectivity index (χ0) is 9.90. The Morgan fingerprint density at radius 3 is 2.62 bits per heavy atom. The van der Waals surface area contributed by atoms with Crippen LogP contribution in [0.2, 0.25) is 0 Å².